The maximum Gasteiger partial charge on any atom is 0.0711 e. The van der Waals surface area contributed by atoms with E-state index in [0.29, 0.717) is 6.54 Å². The molecule has 1 fully saturated rings. The lowest BCUT2D eigenvalue weighted by Gasteiger charge is -2.18. The van der Waals surface area contributed by atoms with Crippen LogP contribution < -0.4 is 0 Å². The van der Waals surface area contributed by atoms with Gasteiger partial charge in [-0.05, 0) is 36.6 Å². The minimum atomic E-state index is -0.301. The topological polar surface area (TPSA) is 70.0 Å². The first-order valence-corrected chi connectivity index (χ1v) is 9.13. The number of nitrogens with one attached hydrogen (secondary N) is 1. The second kappa shape index (κ2) is 7.43. The minimum absolute atomic E-state index is 0.232. The quantitative estimate of drug-likeness (QED) is 0.713. The molecule has 4 rings (SSSR count). The summed E-state index contributed by atoms with van der Waals surface area (Å²) < 4.78 is 1.94. The fourth-order valence-corrected chi connectivity index (χ4v) is 3.79. The van der Waals surface area contributed by atoms with Crippen LogP contribution in [-0.2, 0) is 19.5 Å². The highest BCUT2D eigenvalue weighted by molar-refractivity contribution is 5.27. The normalized spacial score (nSPS) is 20.7. The van der Waals surface area contributed by atoms with Crippen LogP contribution in [0.2, 0.25) is 0 Å². The van der Waals surface area contributed by atoms with E-state index < -0.39 is 0 Å². The molecule has 6 heteroatoms. The van der Waals surface area contributed by atoms with Crippen molar-refractivity contribution in [2.75, 3.05) is 13.1 Å². The molecular weight excluding hydrogens is 326 g/mol. The third-order valence-electron chi connectivity index (χ3n) is 5.12. The summed E-state index contributed by atoms with van der Waals surface area (Å²) in [6.07, 6.45) is 4.31. The number of aryl methyl sites for hydroxylation is 1. The van der Waals surface area contributed by atoms with Crippen molar-refractivity contribution in [3.05, 3.63) is 71.3 Å². The van der Waals surface area contributed by atoms with Gasteiger partial charge in [0.25, 0.3) is 0 Å². The molecule has 0 spiro atoms. The second-order valence-electron chi connectivity index (χ2n) is 7.24. The molecule has 0 saturated carbocycles. The number of likely N-dealkylation sites (tertiary alicyclic amines) is 1. The van der Waals surface area contributed by atoms with Gasteiger partial charge in [-0.25, -0.2) is 0 Å². The standard InChI is InChI=1S/C20H25N5O/c1-15-9-19(23-22-15)10-18-12-24(14-20(18)26)11-16-5-2-3-6-17(16)13-25-8-4-7-21-25/h2-9,18,20,26H,10-14H2,1H3,(H,22,23)/t18-,20-/m1/s1. The molecule has 2 N–H and O–H groups in total. The van der Waals surface area contributed by atoms with E-state index in [4.69, 9.17) is 0 Å². The molecule has 1 aliphatic heterocycles. The third-order valence-corrected chi connectivity index (χ3v) is 5.12. The van der Waals surface area contributed by atoms with Crippen LogP contribution in [0.4, 0.5) is 0 Å². The Labute approximate surface area is 153 Å². The lowest BCUT2D eigenvalue weighted by Crippen LogP contribution is -2.22. The molecule has 6 nitrogen and oxygen atoms in total. The van der Waals surface area contributed by atoms with Crippen LogP contribution in [0, 0.1) is 12.8 Å². The molecule has 1 saturated heterocycles. The number of rotatable bonds is 6. The molecule has 3 heterocycles. The largest absolute Gasteiger partial charge is 0.391 e. The van der Waals surface area contributed by atoms with Crippen LogP contribution in [0.1, 0.15) is 22.5 Å². The number of aliphatic hydroxyl groups excluding tert-OH is 1. The molecule has 1 aliphatic rings. The molecule has 0 radical (unpaired) electrons. The van der Waals surface area contributed by atoms with E-state index >= 15 is 0 Å². The van der Waals surface area contributed by atoms with E-state index in [-0.39, 0.29) is 12.0 Å². The number of nitrogens with zero attached hydrogens (tertiary/aromatic N) is 4. The van der Waals surface area contributed by atoms with Crippen molar-refractivity contribution in [1.29, 1.82) is 0 Å². The summed E-state index contributed by atoms with van der Waals surface area (Å²) >= 11 is 0. The lowest BCUT2D eigenvalue weighted by molar-refractivity contribution is 0.140. The maximum absolute atomic E-state index is 10.5. The highest BCUT2D eigenvalue weighted by atomic mass is 16.3. The van der Waals surface area contributed by atoms with Crippen molar-refractivity contribution in [1.82, 2.24) is 24.9 Å². The van der Waals surface area contributed by atoms with Crippen molar-refractivity contribution in [2.45, 2.75) is 32.5 Å². The van der Waals surface area contributed by atoms with Crippen molar-refractivity contribution in [3.63, 3.8) is 0 Å². The van der Waals surface area contributed by atoms with E-state index in [1.807, 2.05) is 23.9 Å². The Morgan fingerprint density at radius 1 is 1.15 bits per heavy atom. The Morgan fingerprint density at radius 3 is 2.65 bits per heavy atom. The Hall–Kier alpha value is -2.44. The Bertz CT molecular complexity index is 842. The zero-order chi connectivity index (χ0) is 17.9. The average Bonchev–Trinajstić information content (AvgIpc) is 3.34. The molecule has 0 aliphatic carbocycles. The molecule has 1 aromatic carbocycles. The van der Waals surface area contributed by atoms with Gasteiger partial charge in [0.1, 0.15) is 0 Å². The Morgan fingerprint density at radius 2 is 1.96 bits per heavy atom. The number of hydrogen-bond donors (Lipinski definition) is 2. The highest BCUT2D eigenvalue weighted by Gasteiger charge is 2.32. The van der Waals surface area contributed by atoms with Crippen LogP contribution in [-0.4, -0.2) is 49.2 Å². The number of benzene rings is 1. The predicted molar refractivity (Wildman–Crippen MR) is 99.6 cm³/mol. The van der Waals surface area contributed by atoms with E-state index in [2.05, 4.69) is 50.5 Å². The Balaban J connectivity index is 1.42. The minimum Gasteiger partial charge on any atom is -0.391 e. The van der Waals surface area contributed by atoms with Gasteiger partial charge >= 0.3 is 0 Å². The summed E-state index contributed by atoms with van der Waals surface area (Å²) in [5, 5.41) is 22.1. The predicted octanol–water partition coefficient (Wildman–Crippen LogP) is 2.00. The van der Waals surface area contributed by atoms with Gasteiger partial charge in [-0.2, -0.15) is 10.2 Å². The zero-order valence-corrected chi connectivity index (χ0v) is 15.0. The monoisotopic (exact) mass is 351 g/mol. The first kappa shape index (κ1) is 17.0. The summed E-state index contributed by atoms with van der Waals surface area (Å²) in [5.74, 6) is 0.232. The van der Waals surface area contributed by atoms with Crippen molar-refractivity contribution in [3.8, 4) is 0 Å². The number of hydrogen-bond acceptors (Lipinski definition) is 4. The molecule has 0 amide bonds. The van der Waals surface area contributed by atoms with E-state index in [9.17, 15) is 5.11 Å². The van der Waals surface area contributed by atoms with Gasteiger partial charge in [0.05, 0.1) is 18.3 Å². The number of β-amino-alcohol motifs (C(OH)–C–C–N with tert-alkyl or cyclic N) is 1. The summed E-state index contributed by atoms with van der Waals surface area (Å²) in [5.41, 5.74) is 4.67. The van der Waals surface area contributed by atoms with Crippen molar-refractivity contribution in [2.24, 2.45) is 5.92 Å². The van der Waals surface area contributed by atoms with E-state index in [0.717, 1.165) is 37.4 Å². The van der Waals surface area contributed by atoms with Gasteiger partial charge in [-0.3, -0.25) is 14.7 Å². The Kier molecular flexibility index (Phi) is 4.86. The number of aromatic amines is 1. The van der Waals surface area contributed by atoms with E-state index in [1.165, 1.54) is 11.1 Å². The van der Waals surface area contributed by atoms with Gasteiger partial charge < -0.3 is 5.11 Å². The average molecular weight is 351 g/mol. The molecule has 26 heavy (non-hydrogen) atoms. The van der Waals surface area contributed by atoms with Crippen LogP contribution in [0.3, 0.4) is 0 Å². The summed E-state index contributed by atoms with van der Waals surface area (Å²) in [6.45, 7) is 5.23. The molecule has 2 atom stereocenters. The highest BCUT2D eigenvalue weighted by Crippen LogP contribution is 2.24. The first-order valence-electron chi connectivity index (χ1n) is 9.13. The zero-order valence-electron chi connectivity index (χ0n) is 15.0. The van der Waals surface area contributed by atoms with Crippen LogP contribution in [0.5, 0.6) is 0 Å². The lowest BCUT2D eigenvalue weighted by atomic mass is 10.00. The molecular formula is C20H25N5O. The van der Waals surface area contributed by atoms with Crippen molar-refractivity contribution >= 4 is 0 Å². The molecule has 0 bridgehead atoms. The van der Waals surface area contributed by atoms with E-state index in [1.54, 1.807) is 6.20 Å². The maximum atomic E-state index is 10.5. The number of H-pyrrole nitrogens is 1. The summed E-state index contributed by atoms with van der Waals surface area (Å²) in [7, 11) is 0. The van der Waals surface area contributed by atoms with Crippen LogP contribution in [0.15, 0.2) is 48.8 Å². The van der Waals surface area contributed by atoms with Gasteiger partial charge in [0, 0.05) is 43.6 Å². The smallest absolute Gasteiger partial charge is 0.0711 e. The summed E-state index contributed by atoms with van der Waals surface area (Å²) in [4.78, 5) is 2.34. The van der Waals surface area contributed by atoms with Crippen LogP contribution >= 0.6 is 0 Å². The summed E-state index contributed by atoms with van der Waals surface area (Å²) in [6, 6.07) is 12.5. The molecule has 0 unspecified atom stereocenters. The fourth-order valence-electron chi connectivity index (χ4n) is 3.79. The number of aliphatic hydroxyl groups is 1. The van der Waals surface area contributed by atoms with Crippen molar-refractivity contribution < 1.29 is 5.11 Å². The number of aromatic nitrogens is 4. The van der Waals surface area contributed by atoms with Gasteiger partial charge in [0.2, 0.25) is 0 Å². The third kappa shape index (κ3) is 3.86. The SMILES string of the molecule is Cc1cc(C[C@@H]2CN(Cc3ccccc3Cn3cccn3)C[C@H]2O)n[nH]1. The molecule has 2 aromatic heterocycles. The van der Waals surface area contributed by atoms with Gasteiger partial charge in [-0.1, -0.05) is 24.3 Å². The van der Waals surface area contributed by atoms with Gasteiger partial charge in [0.15, 0.2) is 0 Å². The second-order valence-corrected chi connectivity index (χ2v) is 7.24. The molecule has 3 aromatic rings. The molecule has 136 valence electrons. The fraction of sp³-hybridized carbons (Fsp3) is 0.400. The van der Waals surface area contributed by atoms with Crippen LogP contribution in [0.25, 0.3) is 0 Å². The van der Waals surface area contributed by atoms with Gasteiger partial charge in [-0.15, -0.1) is 0 Å². The first-order chi connectivity index (χ1) is 12.7.